The number of halogens is 4. The van der Waals surface area contributed by atoms with Crippen molar-refractivity contribution in [3.05, 3.63) is 58.1 Å². The number of amides is 1. The van der Waals surface area contributed by atoms with E-state index in [1.807, 2.05) is 0 Å². The Morgan fingerprint density at radius 3 is 2.21 bits per heavy atom. The standard InChI is InChI=1S/C20H19ClF3NO4/c1-27-16-9-13(10-17(28-2)19(16)29-3)11-25-18(26)7-5-12-4-6-15(21)14(8-12)20(22,23)24/h4-10H,11H2,1-3H3,(H,25,26)/b7-5+. The van der Waals surface area contributed by atoms with Crippen molar-refractivity contribution in [3.8, 4) is 17.2 Å². The van der Waals surface area contributed by atoms with Gasteiger partial charge in [0.15, 0.2) is 11.5 Å². The molecule has 0 radical (unpaired) electrons. The molecule has 0 aliphatic rings. The highest BCUT2D eigenvalue weighted by molar-refractivity contribution is 6.31. The third-order valence-corrected chi connectivity index (χ3v) is 4.24. The summed E-state index contributed by atoms with van der Waals surface area (Å²) in [5.41, 5.74) is -0.0732. The van der Waals surface area contributed by atoms with Gasteiger partial charge in [0.2, 0.25) is 11.7 Å². The van der Waals surface area contributed by atoms with Crippen molar-refractivity contribution < 1.29 is 32.2 Å². The van der Waals surface area contributed by atoms with Gasteiger partial charge in [-0.25, -0.2) is 0 Å². The predicted octanol–water partition coefficient (Wildman–Crippen LogP) is 4.71. The monoisotopic (exact) mass is 429 g/mol. The summed E-state index contributed by atoms with van der Waals surface area (Å²) in [5.74, 6) is 0.815. The predicted molar refractivity (Wildman–Crippen MR) is 103 cm³/mol. The van der Waals surface area contributed by atoms with Gasteiger partial charge in [0, 0.05) is 12.6 Å². The number of carbonyl (C=O) groups excluding carboxylic acids is 1. The summed E-state index contributed by atoms with van der Waals surface area (Å²) in [4.78, 5) is 12.0. The zero-order chi connectivity index (χ0) is 21.6. The molecule has 9 heteroatoms. The molecule has 0 aliphatic carbocycles. The van der Waals surface area contributed by atoms with Gasteiger partial charge < -0.3 is 19.5 Å². The first-order chi connectivity index (χ1) is 13.7. The first-order valence-corrected chi connectivity index (χ1v) is 8.69. The van der Waals surface area contributed by atoms with Crippen molar-refractivity contribution in [2.45, 2.75) is 12.7 Å². The average Bonchev–Trinajstić information content (AvgIpc) is 2.69. The third-order valence-electron chi connectivity index (χ3n) is 3.91. The summed E-state index contributed by atoms with van der Waals surface area (Å²) in [6.45, 7) is 0.147. The minimum absolute atomic E-state index is 0.147. The summed E-state index contributed by atoms with van der Waals surface area (Å²) >= 11 is 5.58. The Bertz CT molecular complexity index is 888. The minimum atomic E-state index is -4.57. The van der Waals surface area contributed by atoms with Gasteiger partial charge in [-0.3, -0.25) is 4.79 Å². The number of rotatable bonds is 7. The van der Waals surface area contributed by atoms with Crippen LogP contribution >= 0.6 is 11.6 Å². The molecule has 2 rings (SSSR count). The fourth-order valence-corrected chi connectivity index (χ4v) is 2.75. The second kappa shape index (κ2) is 9.56. The summed E-state index contributed by atoms with van der Waals surface area (Å²) < 4.78 is 54.4. The molecule has 0 aliphatic heterocycles. The number of hydrogen-bond donors (Lipinski definition) is 1. The number of hydrogen-bond acceptors (Lipinski definition) is 4. The zero-order valence-electron chi connectivity index (χ0n) is 15.9. The van der Waals surface area contributed by atoms with Crippen LogP contribution in [0, 0.1) is 0 Å². The quantitative estimate of drug-likeness (QED) is 0.647. The van der Waals surface area contributed by atoms with Gasteiger partial charge in [-0.15, -0.1) is 0 Å². The van der Waals surface area contributed by atoms with Crippen molar-refractivity contribution >= 4 is 23.6 Å². The van der Waals surface area contributed by atoms with E-state index < -0.39 is 22.7 Å². The molecular weight excluding hydrogens is 411 g/mol. The highest BCUT2D eigenvalue weighted by Gasteiger charge is 2.33. The van der Waals surface area contributed by atoms with Gasteiger partial charge in [-0.1, -0.05) is 17.7 Å². The number of carbonyl (C=O) groups is 1. The van der Waals surface area contributed by atoms with E-state index in [1.54, 1.807) is 12.1 Å². The molecule has 0 bridgehead atoms. The Balaban J connectivity index is 2.09. The van der Waals surface area contributed by atoms with E-state index in [1.165, 1.54) is 33.5 Å². The topological polar surface area (TPSA) is 56.8 Å². The largest absolute Gasteiger partial charge is 0.493 e. The van der Waals surface area contributed by atoms with Crippen LogP contribution in [0.4, 0.5) is 13.2 Å². The molecule has 29 heavy (non-hydrogen) atoms. The van der Waals surface area contributed by atoms with Crippen LogP contribution in [0.1, 0.15) is 16.7 Å². The molecule has 5 nitrogen and oxygen atoms in total. The molecule has 0 saturated carbocycles. The molecule has 1 N–H and O–H groups in total. The molecule has 2 aromatic rings. The molecule has 156 valence electrons. The Morgan fingerprint density at radius 2 is 1.69 bits per heavy atom. The van der Waals surface area contributed by atoms with E-state index in [9.17, 15) is 18.0 Å². The number of alkyl halides is 3. The minimum Gasteiger partial charge on any atom is -0.493 e. The first-order valence-electron chi connectivity index (χ1n) is 8.31. The Hall–Kier alpha value is -2.87. The van der Waals surface area contributed by atoms with Gasteiger partial charge in [-0.2, -0.15) is 13.2 Å². The summed E-state index contributed by atoms with van der Waals surface area (Å²) in [6.07, 6.45) is -2.16. The van der Waals surface area contributed by atoms with Crippen LogP contribution in [-0.4, -0.2) is 27.2 Å². The first kappa shape index (κ1) is 22.4. The highest BCUT2D eigenvalue weighted by atomic mass is 35.5. The molecule has 0 atom stereocenters. The van der Waals surface area contributed by atoms with E-state index in [2.05, 4.69) is 5.32 Å². The van der Waals surface area contributed by atoms with E-state index >= 15 is 0 Å². The molecule has 2 aromatic carbocycles. The summed E-state index contributed by atoms with van der Waals surface area (Å²) in [5, 5.41) is 2.24. The highest BCUT2D eigenvalue weighted by Crippen LogP contribution is 2.38. The van der Waals surface area contributed by atoms with E-state index in [4.69, 9.17) is 25.8 Å². The number of nitrogens with one attached hydrogen (secondary N) is 1. The number of methoxy groups -OCH3 is 3. The third kappa shape index (κ3) is 5.80. The average molecular weight is 430 g/mol. The summed E-state index contributed by atoms with van der Waals surface area (Å²) in [6, 6.07) is 6.77. The smallest absolute Gasteiger partial charge is 0.417 e. The van der Waals surface area contributed by atoms with Gasteiger partial charge in [0.1, 0.15) is 0 Å². The molecule has 0 spiro atoms. The van der Waals surface area contributed by atoms with Crippen LogP contribution in [-0.2, 0) is 17.5 Å². The summed E-state index contributed by atoms with van der Waals surface area (Å²) in [7, 11) is 4.43. The fourth-order valence-electron chi connectivity index (χ4n) is 2.52. The maximum absolute atomic E-state index is 12.9. The molecule has 1 amide bonds. The number of benzene rings is 2. The lowest BCUT2D eigenvalue weighted by Gasteiger charge is -2.14. The van der Waals surface area contributed by atoms with Crippen molar-refractivity contribution in [1.29, 1.82) is 0 Å². The molecule has 0 saturated heterocycles. The molecule has 0 fully saturated rings. The molecule has 0 aromatic heterocycles. The van der Waals surface area contributed by atoms with Crippen LogP contribution in [0.5, 0.6) is 17.2 Å². The maximum atomic E-state index is 12.9. The molecule has 0 heterocycles. The number of ether oxygens (including phenoxy) is 3. The van der Waals surface area contributed by atoms with Gasteiger partial charge in [-0.05, 0) is 41.5 Å². The van der Waals surface area contributed by atoms with Crippen LogP contribution in [0.3, 0.4) is 0 Å². The molecular formula is C20H19ClF3NO4. The molecule has 0 unspecified atom stereocenters. The second-order valence-corrected chi connectivity index (χ2v) is 6.23. The van der Waals surface area contributed by atoms with Gasteiger partial charge in [0.05, 0.1) is 31.9 Å². The zero-order valence-corrected chi connectivity index (χ0v) is 16.6. The Labute approximate surface area is 171 Å². The maximum Gasteiger partial charge on any atom is 0.417 e. The van der Waals surface area contributed by atoms with Crippen molar-refractivity contribution in [2.75, 3.05) is 21.3 Å². The lowest BCUT2D eigenvalue weighted by atomic mass is 10.1. The van der Waals surface area contributed by atoms with E-state index in [-0.39, 0.29) is 12.1 Å². The van der Waals surface area contributed by atoms with Gasteiger partial charge in [0.25, 0.3) is 0 Å². The SMILES string of the molecule is COc1cc(CNC(=O)/C=C/c2ccc(Cl)c(C(F)(F)F)c2)cc(OC)c1OC. The lowest BCUT2D eigenvalue weighted by Crippen LogP contribution is -2.20. The van der Waals surface area contributed by atoms with E-state index in [0.717, 1.165) is 18.2 Å². The Morgan fingerprint density at radius 1 is 1.07 bits per heavy atom. The van der Waals surface area contributed by atoms with E-state index in [0.29, 0.717) is 22.8 Å². The van der Waals surface area contributed by atoms with Crippen molar-refractivity contribution in [1.82, 2.24) is 5.32 Å². The fraction of sp³-hybridized carbons (Fsp3) is 0.250. The van der Waals surface area contributed by atoms with Crippen molar-refractivity contribution in [2.24, 2.45) is 0 Å². The second-order valence-electron chi connectivity index (χ2n) is 5.82. The Kier molecular flexibility index (Phi) is 7.39. The van der Waals surface area contributed by atoms with Crippen LogP contribution < -0.4 is 19.5 Å². The van der Waals surface area contributed by atoms with Crippen LogP contribution in [0.2, 0.25) is 5.02 Å². The van der Waals surface area contributed by atoms with Crippen LogP contribution in [0.15, 0.2) is 36.4 Å². The van der Waals surface area contributed by atoms with Crippen molar-refractivity contribution in [3.63, 3.8) is 0 Å². The lowest BCUT2D eigenvalue weighted by molar-refractivity contribution is -0.137. The van der Waals surface area contributed by atoms with Gasteiger partial charge >= 0.3 is 6.18 Å². The van der Waals surface area contributed by atoms with Crippen LogP contribution in [0.25, 0.3) is 6.08 Å². The normalized spacial score (nSPS) is 11.4.